The average molecular weight is 641 g/mol. The Morgan fingerprint density at radius 2 is 1.80 bits per heavy atom. The zero-order valence-electron chi connectivity index (χ0n) is 26.6. The number of carbonyl (C=O) groups is 2. The van der Waals surface area contributed by atoms with E-state index in [1.807, 2.05) is 6.07 Å². The van der Waals surface area contributed by atoms with Crippen molar-refractivity contribution in [2.24, 2.45) is 11.8 Å². The summed E-state index contributed by atoms with van der Waals surface area (Å²) in [5.74, 6) is 0.859. The molecule has 2 N–H and O–H groups in total. The Bertz CT molecular complexity index is 1360. The minimum absolute atomic E-state index is 0.0123. The van der Waals surface area contributed by atoms with Crippen molar-refractivity contribution < 1.29 is 33.0 Å². The monoisotopic (exact) mass is 640 g/mol. The van der Waals surface area contributed by atoms with Crippen LogP contribution in [-0.2, 0) is 11.3 Å². The largest absolute Gasteiger partial charge is 0.489 e. The van der Waals surface area contributed by atoms with Crippen molar-refractivity contribution in [3.63, 3.8) is 0 Å². The first-order valence-corrected chi connectivity index (χ1v) is 16.9. The highest BCUT2D eigenvalue weighted by Gasteiger charge is 2.40. The molecule has 250 valence electrons. The van der Waals surface area contributed by atoms with E-state index in [2.05, 4.69) is 15.2 Å². The SMILES string of the molecule is CC(O)N1CC(c2ccc(OC(F)F)c(OCC3CC3)c2)C[C@@H]1C(=O)NCc1cccc(C(=O)N(CC2CC2)C2CCCCC2)n1. The maximum Gasteiger partial charge on any atom is 0.387 e. The maximum absolute atomic E-state index is 13.7. The number of benzene rings is 1. The van der Waals surface area contributed by atoms with Gasteiger partial charge in [-0.3, -0.25) is 14.5 Å². The molecule has 1 aliphatic heterocycles. The molecule has 3 aliphatic carbocycles. The molecule has 0 spiro atoms. The molecule has 2 amide bonds. The van der Waals surface area contributed by atoms with Gasteiger partial charge in [0, 0.05) is 19.1 Å². The molecule has 0 bridgehead atoms. The van der Waals surface area contributed by atoms with E-state index in [4.69, 9.17) is 9.47 Å². The van der Waals surface area contributed by atoms with Gasteiger partial charge >= 0.3 is 6.61 Å². The molecule has 9 nitrogen and oxygen atoms in total. The standard InChI is InChI=1S/C35H46F2N4O5/c1-22(42)40-20-26(25-14-15-31(46-35(36)37)32(17-25)45-21-24-12-13-24)16-30(40)33(43)38-18-27-6-5-9-29(39-27)34(44)41(19-23-10-11-23)28-7-3-2-4-8-28/h5-6,9,14-15,17,22-24,26,28,30,35,42H,2-4,7-8,10-13,16,18-21H2,1H3,(H,38,43)/t22?,26?,30-/m1/s1. The number of alkyl halides is 2. The minimum atomic E-state index is -2.97. The van der Waals surface area contributed by atoms with Crippen LogP contribution in [0.2, 0.25) is 0 Å². The fourth-order valence-electron chi connectivity index (χ4n) is 6.86. The summed E-state index contributed by atoms with van der Waals surface area (Å²) in [6, 6.07) is 9.97. The molecule has 4 aliphatic rings. The number of aliphatic hydroxyl groups is 1. The Kier molecular flexibility index (Phi) is 10.4. The van der Waals surface area contributed by atoms with Gasteiger partial charge in [-0.1, -0.05) is 31.4 Å². The second-order valence-corrected chi connectivity index (χ2v) is 13.5. The fourth-order valence-corrected chi connectivity index (χ4v) is 6.86. The molecule has 2 unspecified atom stereocenters. The number of aliphatic hydroxyl groups excluding tert-OH is 1. The van der Waals surface area contributed by atoms with Gasteiger partial charge in [0.1, 0.15) is 11.9 Å². The number of rotatable bonds is 14. The van der Waals surface area contributed by atoms with E-state index in [0.717, 1.165) is 50.6 Å². The van der Waals surface area contributed by atoms with Crippen LogP contribution >= 0.6 is 0 Å². The van der Waals surface area contributed by atoms with Gasteiger partial charge in [0.15, 0.2) is 11.5 Å². The molecular formula is C35H46F2N4O5. The highest BCUT2D eigenvalue weighted by Crippen LogP contribution is 2.39. The first kappa shape index (κ1) is 32.6. The molecule has 1 aromatic carbocycles. The Labute approximate surface area is 269 Å². The zero-order chi connectivity index (χ0) is 32.2. The Balaban J connectivity index is 1.10. The minimum Gasteiger partial charge on any atom is -0.489 e. The van der Waals surface area contributed by atoms with Crippen LogP contribution in [0.15, 0.2) is 36.4 Å². The van der Waals surface area contributed by atoms with Gasteiger partial charge in [0.25, 0.3) is 5.91 Å². The topological polar surface area (TPSA) is 104 Å². The molecule has 1 saturated heterocycles. The predicted octanol–water partition coefficient (Wildman–Crippen LogP) is 5.47. The van der Waals surface area contributed by atoms with Crippen molar-refractivity contribution in [1.29, 1.82) is 0 Å². The van der Waals surface area contributed by atoms with Crippen molar-refractivity contribution in [2.45, 2.75) is 109 Å². The van der Waals surface area contributed by atoms with Crippen molar-refractivity contribution >= 4 is 11.8 Å². The lowest BCUT2D eigenvalue weighted by Crippen LogP contribution is -2.46. The van der Waals surface area contributed by atoms with Crippen LogP contribution < -0.4 is 14.8 Å². The third kappa shape index (κ3) is 8.34. The number of ether oxygens (including phenoxy) is 2. The highest BCUT2D eigenvalue weighted by molar-refractivity contribution is 5.92. The molecule has 2 aromatic rings. The van der Waals surface area contributed by atoms with Crippen molar-refractivity contribution in [2.75, 3.05) is 19.7 Å². The molecule has 6 rings (SSSR count). The van der Waals surface area contributed by atoms with E-state index in [0.29, 0.717) is 42.8 Å². The average Bonchev–Trinajstić information content (AvgIpc) is 4.00. The smallest absolute Gasteiger partial charge is 0.387 e. The number of pyridine rings is 1. The van der Waals surface area contributed by atoms with Crippen LogP contribution in [0.1, 0.15) is 98.8 Å². The molecule has 1 aromatic heterocycles. The van der Waals surface area contributed by atoms with Gasteiger partial charge in [0.05, 0.1) is 24.9 Å². The summed E-state index contributed by atoms with van der Waals surface area (Å²) in [4.78, 5) is 35.6. The third-order valence-corrected chi connectivity index (χ3v) is 9.85. The number of nitrogens with zero attached hydrogens (tertiary/aromatic N) is 3. The second kappa shape index (κ2) is 14.6. The lowest BCUT2D eigenvalue weighted by molar-refractivity contribution is -0.129. The Morgan fingerprint density at radius 3 is 2.50 bits per heavy atom. The van der Waals surface area contributed by atoms with Crippen molar-refractivity contribution in [3.05, 3.63) is 53.3 Å². The van der Waals surface area contributed by atoms with Crippen molar-refractivity contribution in [1.82, 2.24) is 20.1 Å². The quantitative estimate of drug-likeness (QED) is 0.282. The van der Waals surface area contributed by atoms with Gasteiger partial charge < -0.3 is 24.8 Å². The zero-order valence-corrected chi connectivity index (χ0v) is 26.6. The molecule has 4 fully saturated rings. The summed E-state index contributed by atoms with van der Waals surface area (Å²) >= 11 is 0. The summed E-state index contributed by atoms with van der Waals surface area (Å²) in [5, 5.41) is 13.5. The summed E-state index contributed by atoms with van der Waals surface area (Å²) in [6.45, 7) is 0.458. The summed E-state index contributed by atoms with van der Waals surface area (Å²) < 4.78 is 36.6. The van der Waals surface area contributed by atoms with Crippen LogP contribution in [0.5, 0.6) is 11.5 Å². The van der Waals surface area contributed by atoms with E-state index >= 15 is 0 Å². The van der Waals surface area contributed by atoms with Crippen LogP contribution in [0.4, 0.5) is 8.78 Å². The third-order valence-electron chi connectivity index (χ3n) is 9.85. The molecule has 2 heterocycles. The van der Waals surface area contributed by atoms with Gasteiger partial charge in [-0.05, 0) is 99.5 Å². The number of aromatic nitrogens is 1. The van der Waals surface area contributed by atoms with Crippen LogP contribution in [0.25, 0.3) is 0 Å². The number of amides is 2. The fraction of sp³-hybridized carbons (Fsp3) is 0.629. The maximum atomic E-state index is 13.7. The number of hydrogen-bond donors (Lipinski definition) is 2. The van der Waals surface area contributed by atoms with Gasteiger partial charge in [-0.15, -0.1) is 0 Å². The molecule has 46 heavy (non-hydrogen) atoms. The normalized spacial score (nSPS) is 22.9. The lowest BCUT2D eigenvalue weighted by Gasteiger charge is -2.34. The first-order valence-electron chi connectivity index (χ1n) is 16.9. The Hall–Kier alpha value is -3.31. The predicted molar refractivity (Wildman–Crippen MR) is 168 cm³/mol. The number of likely N-dealkylation sites (tertiary alicyclic amines) is 1. The van der Waals surface area contributed by atoms with E-state index in [1.54, 1.807) is 36.1 Å². The number of halogens is 2. The van der Waals surface area contributed by atoms with Crippen LogP contribution in [-0.4, -0.2) is 76.3 Å². The molecule has 3 atom stereocenters. The first-order chi connectivity index (χ1) is 22.2. The number of nitrogens with one attached hydrogen (secondary N) is 1. The van der Waals surface area contributed by atoms with Gasteiger partial charge in [-0.25, -0.2) is 4.98 Å². The summed E-state index contributed by atoms with van der Waals surface area (Å²) in [5.41, 5.74) is 1.83. The van der Waals surface area contributed by atoms with E-state index in [1.165, 1.54) is 25.3 Å². The Morgan fingerprint density at radius 1 is 1.04 bits per heavy atom. The van der Waals surface area contributed by atoms with E-state index in [9.17, 15) is 23.5 Å². The number of hydrogen-bond acceptors (Lipinski definition) is 7. The van der Waals surface area contributed by atoms with E-state index < -0.39 is 18.9 Å². The lowest BCUT2D eigenvalue weighted by atomic mass is 9.93. The van der Waals surface area contributed by atoms with Crippen molar-refractivity contribution in [3.8, 4) is 11.5 Å². The number of carbonyl (C=O) groups excluding carboxylic acids is 2. The van der Waals surface area contributed by atoms with E-state index in [-0.39, 0.29) is 41.8 Å². The molecule has 3 saturated carbocycles. The highest BCUT2D eigenvalue weighted by atomic mass is 19.3. The molecule has 11 heteroatoms. The molecular weight excluding hydrogens is 594 g/mol. The summed E-state index contributed by atoms with van der Waals surface area (Å²) in [7, 11) is 0. The van der Waals surface area contributed by atoms with Gasteiger partial charge in [-0.2, -0.15) is 8.78 Å². The van der Waals surface area contributed by atoms with Gasteiger partial charge in [0.2, 0.25) is 5.91 Å². The van der Waals surface area contributed by atoms with Crippen LogP contribution in [0.3, 0.4) is 0 Å². The van der Waals surface area contributed by atoms with Crippen LogP contribution in [0, 0.1) is 11.8 Å². The molecule has 0 radical (unpaired) electrons. The second-order valence-electron chi connectivity index (χ2n) is 13.5. The summed E-state index contributed by atoms with van der Waals surface area (Å²) in [6.07, 6.45) is 9.63.